The van der Waals surface area contributed by atoms with Gasteiger partial charge >= 0.3 is 5.97 Å². The summed E-state index contributed by atoms with van der Waals surface area (Å²) in [6, 6.07) is 0.663. The van der Waals surface area contributed by atoms with Crippen molar-refractivity contribution in [1.82, 2.24) is 4.90 Å². The number of hydrogen-bond acceptors (Lipinski definition) is 3. The van der Waals surface area contributed by atoms with E-state index in [-0.39, 0.29) is 5.97 Å². The van der Waals surface area contributed by atoms with Crippen molar-refractivity contribution >= 4 is 5.97 Å². The van der Waals surface area contributed by atoms with Crippen LogP contribution in [0.2, 0.25) is 0 Å². The lowest BCUT2D eigenvalue weighted by atomic mass is 9.85. The SMILES string of the molecule is CCOC(=O)/C=C/CN(C)C1CCCCC1C. The van der Waals surface area contributed by atoms with E-state index in [0.29, 0.717) is 12.6 Å². The summed E-state index contributed by atoms with van der Waals surface area (Å²) in [6.07, 6.45) is 8.75. The summed E-state index contributed by atoms with van der Waals surface area (Å²) in [6.45, 7) is 5.42. The summed E-state index contributed by atoms with van der Waals surface area (Å²) < 4.78 is 4.85. The van der Waals surface area contributed by atoms with Gasteiger partial charge in [0.15, 0.2) is 0 Å². The highest BCUT2D eigenvalue weighted by Crippen LogP contribution is 2.27. The zero-order chi connectivity index (χ0) is 12.7. The number of carbonyl (C=O) groups is 1. The highest BCUT2D eigenvalue weighted by molar-refractivity contribution is 5.81. The van der Waals surface area contributed by atoms with Gasteiger partial charge in [0.25, 0.3) is 0 Å². The van der Waals surface area contributed by atoms with E-state index in [1.807, 2.05) is 13.0 Å². The molecule has 1 aliphatic carbocycles. The van der Waals surface area contributed by atoms with E-state index >= 15 is 0 Å². The summed E-state index contributed by atoms with van der Waals surface area (Å²) in [5, 5.41) is 0. The molecule has 0 aromatic heterocycles. The van der Waals surface area contributed by atoms with Crippen LogP contribution in [0.5, 0.6) is 0 Å². The first kappa shape index (κ1) is 14.2. The van der Waals surface area contributed by atoms with E-state index in [9.17, 15) is 4.79 Å². The van der Waals surface area contributed by atoms with Gasteiger partial charge in [-0.1, -0.05) is 25.8 Å². The summed E-state index contributed by atoms with van der Waals surface area (Å²) in [4.78, 5) is 13.5. The van der Waals surface area contributed by atoms with E-state index in [4.69, 9.17) is 4.74 Å². The maximum absolute atomic E-state index is 11.1. The van der Waals surface area contributed by atoms with Gasteiger partial charge in [0.2, 0.25) is 0 Å². The van der Waals surface area contributed by atoms with Gasteiger partial charge in [-0.25, -0.2) is 4.79 Å². The highest BCUT2D eigenvalue weighted by Gasteiger charge is 2.23. The van der Waals surface area contributed by atoms with Crippen molar-refractivity contribution in [2.24, 2.45) is 5.92 Å². The Kier molecular flexibility index (Phi) is 6.27. The van der Waals surface area contributed by atoms with E-state index in [2.05, 4.69) is 18.9 Å². The third-order valence-corrected chi connectivity index (χ3v) is 3.57. The topological polar surface area (TPSA) is 29.5 Å². The van der Waals surface area contributed by atoms with Crippen LogP contribution in [0.1, 0.15) is 39.5 Å². The second-order valence-electron chi connectivity index (χ2n) is 4.92. The first-order valence-electron chi connectivity index (χ1n) is 6.68. The Bertz CT molecular complexity index is 263. The molecule has 0 spiro atoms. The molecule has 0 heterocycles. The fourth-order valence-corrected chi connectivity index (χ4v) is 2.59. The standard InChI is InChI=1S/C14H25NO2/c1-4-17-14(16)10-7-11-15(3)13-9-6-5-8-12(13)2/h7,10,12-13H,4-6,8-9,11H2,1-3H3/b10-7+. The molecule has 3 heteroatoms. The second kappa shape index (κ2) is 7.49. The molecule has 0 saturated heterocycles. The average Bonchev–Trinajstić information content (AvgIpc) is 2.29. The quantitative estimate of drug-likeness (QED) is 0.545. The predicted octanol–water partition coefficient (Wildman–Crippen LogP) is 2.62. The fourth-order valence-electron chi connectivity index (χ4n) is 2.59. The molecule has 1 saturated carbocycles. The lowest BCUT2D eigenvalue weighted by Gasteiger charge is -2.35. The van der Waals surface area contributed by atoms with Crippen molar-refractivity contribution in [3.8, 4) is 0 Å². The lowest BCUT2D eigenvalue weighted by molar-refractivity contribution is -0.137. The lowest BCUT2D eigenvalue weighted by Crippen LogP contribution is -2.38. The Hall–Kier alpha value is -0.830. The van der Waals surface area contributed by atoms with Crippen LogP contribution in [0.25, 0.3) is 0 Å². The van der Waals surface area contributed by atoms with Gasteiger partial charge in [0.05, 0.1) is 6.61 Å². The average molecular weight is 239 g/mol. The van der Waals surface area contributed by atoms with Gasteiger partial charge in [-0.15, -0.1) is 0 Å². The maximum Gasteiger partial charge on any atom is 0.330 e. The predicted molar refractivity (Wildman–Crippen MR) is 69.8 cm³/mol. The molecule has 1 aliphatic rings. The number of hydrogen-bond donors (Lipinski definition) is 0. The third kappa shape index (κ3) is 4.90. The van der Waals surface area contributed by atoms with Crippen LogP contribution >= 0.6 is 0 Å². The van der Waals surface area contributed by atoms with Gasteiger partial charge in [0, 0.05) is 18.7 Å². The van der Waals surface area contributed by atoms with Gasteiger partial charge in [-0.05, 0) is 32.7 Å². The zero-order valence-corrected chi connectivity index (χ0v) is 11.3. The van der Waals surface area contributed by atoms with E-state index in [1.165, 1.54) is 31.8 Å². The Morgan fingerprint density at radius 1 is 1.41 bits per heavy atom. The molecule has 3 nitrogen and oxygen atoms in total. The summed E-state index contributed by atoms with van der Waals surface area (Å²) in [5.41, 5.74) is 0. The smallest absolute Gasteiger partial charge is 0.330 e. The minimum Gasteiger partial charge on any atom is -0.463 e. The molecular weight excluding hydrogens is 214 g/mol. The molecular formula is C14H25NO2. The van der Waals surface area contributed by atoms with Crippen molar-refractivity contribution in [2.75, 3.05) is 20.2 Å². The number of esters is 1. The van der Waals surface area contributed by atoms with Gasteiger partial charge in [0.1, 0.15) is 0 Å². The summed E-state index contributed by atoms with van der Waals surface area (Å²) >= 11 is 0. The first-order chi connectivity index (χ1) is 8.15. The Morgan fingerprint density at radius 2 is 2.12 bits per heavy atom. The monoisotopic (exact) mass is 239 g/mol. The minimum absolute atomic E-state index is 0.238. The summed E-state index contributed by atoms with van der Waals surface area (Å²) in [7, 11) is 2.14. The molecule has 0 N–H and O–H groups in total. The second-order valence-corrected chi connectivity index (χ2v) is 4.92. The maximum atomic E-state index is 11.1. The molecule has 2 unspecified atom stereocenters. The molecule has 0 aromatic rings. The fraction of sp³-hybridized carbons (Fsp3) is 0.786. The molecule has 98 valence electrons. The van der Waals surface area contributed by atoms with Gasteiger partial charge in [-0.3, -0.25) is 4.90 Å². The highest BCUT2D eigenvalue weighted by atomic mass is 16.5. The largest absolute Gasteiger partial charge is 0.463 e. The number of likely N-dealkylation sites (N-methyl/N-ethyl adjacent to an activating group) is 1. The third-order valence-electron chi connectivity index (χ3n) is 3.57. The number of carbonyl (C=O) groups excluding carboxylic acids is 1. The molecule has 0 amide bonds. The van der Waals surface area contributed by atoms with Gasteiger partial charge < -0.3 is 4.74 Å². The van der Waals surface area contributed by atoms with Crippen LogP contribution in [0.4, 0.5) is 0 Å². The molecule has 0 aliphatic heterocycles. The normalized spacial score (nSPS) is 25.4. The molecule has 1 fully saturated rings. The summed E-state index contributed by atoms with van der Waals surface area (Å²) in [5.74, 6) is 0.530. The van der Waals surface area contributed by atoms with Crippen LogP contribution < -0.4 is 0 Å². The van der Waals surface area contributed by atoms with Crippen molar-refractivity contribution in [1.29, 1.82) is 0 Å². The molecule has 17 heavy (non-hydrogen) atoms. The van der Waals surface area contributed by atoms with Crippen LogP contribution in [-0.4, -0.2) is 37.1 Å². The molecule has 0 aromatic carbocycles. The minimum atomic E-state index is -0.238. The van der Waals surface area contributed by atoms with Crippen molar-refractivity contribution in [3.05, 3.63) is 12.2 Å². The van der Waals surface area contributed by atoms with E-state index in [1.54, 1.807) is 0 Å². The number of rotatable bonds is 5. The van der Waals surface area contributed by atoms with Crippen molar-refractivity contribution in [3.63, 3.8) is 0 Å². The number of ether oxygens (including phenoxy) is 1. The van der Waals surface area contributed by atoms with Crippen LogP contribution in [0.15, 0.2) is 12.2 Å². The van der Waals surface area contributed by atoms with Crippen molar-refractivity contribution in [2.45, 2.75) is 45.6 Å². The first-order valence-corrected chi connectivity index (χ1v) is 6.68. The van der Waals surface area contributed by atoms with Crippen LogP contribution in [0, 0.1) is 5.92 Å². The molecule has 0 radical (unpaired) electrons. The molecule has 0 bridgehead atoms. The molecule has 2 atom stereocenters. The van der Waals surface area contributed by atoms with E-state index < -0.39 is 0 Å². The Morgan fingerprint density at radius 3 is 2.76 bits per heavy atom. The van der Waals surface area contributed by atoms with Crippen LogP contribution in [0.3, 0.4) is 0 Å². The Balaban J connectivity index is 2.32. The molecule has 1 rings (SSSR count). The number of nitrogens with zero attached hydrogens (tertiary/aromatic N) is 1. The zero-order valence-electron chi connectivity index (χ0n) is 11.3. The Labute approximate surface area is 105 Å². The van der Waals surface area contributed by atoms with Gasteiger partial charge in [-0.2, -0.15) is 0 Å². The van der Waals surface area contributed by atoms with Crippen LogP contribution in [-0.2, 0) is 9.53 Å². The van der Waals surface area contributed by atoms with E-state index in [0.717, 1.165) is 12.5 Å². The van der Waals surface area contributed by atoms with Crippen molar-refractivity contribution < 1.29 is 9.53 Å².